The molecule has 2 heteroatoms. The van der Waals surface area contributed by atoms with Gasteiger partial charge in [-0.15, -0.1) is 0 Å². The standard InChI is InChI=1S/C12H18OSi/c1-3-10(2)14-13-9-12-6-4-11(8-12)5-7-12/h3-7,11H,8-9,14H2,1-2H3. The third-order valence-corrected chi connectivity index (χ3v) is 4.43. The molecule has 0 aromatic heterocycles. The maximum absolute atomic E-state index is 5.86. The lowest BCUT2D eigenvalue weighted by atomic mass is 9.92. The molecule has 0 saturated carbocycles. The topological polar surface area (TPSA) is 9.23 Å². The molecule has 14 heavy (non-hydrogen) atoms. The lowest BCUT2D eigenvalue weighted by Gasteiger charge is -2.21. The Morgan fingerprint density at radius 2 is 2.29 bits per heavy atom. The Morgan fingerprint density at radius 3 is 2.79 bits per heavy atom. The van der Waals surface area contributed by atoms with E-state index < -0.39 is 9.76 Å². The molecule has 0 saturated heterocycles. The van der Waals surface area contributed by atoms with E-state index in [0.717, 1.165) is 6.61 Å². The largest absolute Gasteiger partial charge is 0.418 e. The van der Waals surface area contributed by atoms with Crippen molar-refractivity contribution in [3.8, 4) is 0 Å². The van der Waals surface area contributed by atoms with Crippen molar-refractivity contribution in [2.45, 2.75) is 20.3 Å². The molecule has 0 aliphatic heterocycles. The van der Waals surface area contributed by atoms with Gasteiger partial charge >= 0.3 is 0 Å². The first-order chi connectivity index (χ1) is 6.74. The third kappa shape index (κ3) is 1.91. The minimum absolute atomic E-state index is 0.270. The SMILES string of the molecule is CC=C(C)[SiH2]OCC12C=CC(C=C1)C2. The van der Waals surface area contributed by atoms with Crippen LogP contribution in [0.2, 0.25) is 0 Å². The number of allylic oxidation sites excluding steroid dienone is 4. The Bertz CT molecular complexity index is 287. The fraction of sp³-hybridized carbons (Fsp3) is 0.500. The zero-order valence-corrected chi connectivity index (χ0v) is 10.4. The predicted octanol–water partition coefficient (Wildman–Crippen LogP) is 2.14. The van der Waals surface area contributed by atoms with Crippen molar-refractivity contribution in [3.63, 3.8) is 0 Å². The number of hydrogen-bond donors (Lipinski definition) is 0. The molecule has 0 unspecified atom stereocenters. The molecular formula is C12H18OSi. The van der Waals surface area contributed by atoms with Gasteiger partial charge in [0, 0.05) is 12.0 Å². The molecule has 0 aromatic carbocycles. The molecule has 2 aliphatic rings. The van der Waals surface area contributed by atoms with Gasteiger partial charge in [0.1, 0.15) is 0 Å². The zero-order valence-electron chi connectivity index (χ0n) is 8.99. The monoisotopic (exact) mass is 206 g/mol. The van der Waals surface area contributed by atoms with Gasteiger partial charge in [-0.1, -0.05) is 35.6 Å². The summed E-state index contributed by atoms with van der Waals surface area (Å²) in [7, 11) is -0.432. The number of rotatable bonds is 4. The van der Waals surface area contributed by atoms with Crippen molar-refractivity contribution in [3.05, 3.63) is 35.6 Å². The first kappa shape index (κ1) is 9.93. The van der Waals surface area contributed by atoms with E-state index in [1.165, 1.54) is 11.6 Å². The first-order valence-corrected chi connectivity index (χ1v) is 6.61. The van der Waals surface area contributed by atoms with Crippen LogP contribution < -0.4 is 0 Å². The number of fused-ring (bicyclic) bond motifs is 2. The van der Waals surface area contributed by atoms with Crippen LogP contribution in [0.1, 0.15) is 20.3 Å². The van der Waals surface area contributed by atoms with Crippen molar-refractivity contribution in [2.75, 3.05) is 6.61 Å². The smallest absolute Gasteiger partial charge is 0.187 e. The highest BCUT2D eigenvalue weighted by molar-refractivity contribution is 6.37. The van der Waals surface area contributed by atoms with Gasteiger partial charge in [-0.3, -0.25) is 0 Å². The summed E-state index contributed by atoms with van der Waals surface area (Å²) in [6, 6.07) is 0. The van der Waals surface area contributed by atoms with Crippen LogP contribution in [-0.2, 0) is 4.43 Å². The fourth-order valence-electron chi connectivity index (χ4n) is 2.10. The molecule has 0 N–H and O–H groups in total. The minimum atomic E-state index is -0.432. The summed E-state index contributed by atoms with van der Waals surface area (Å²) in [5.41, 5.74) is 0.270. The van der Waals surface area contributed by atoms with E-state index in [1.54, 1.807) is 0 Å². The summed E-state index contributed by atoms with van der Waals surface area (Å²) in [6.45, 7) is 5.15. The van der Waals surface area contributed by atoms with Crippen molar-refractivity contribution in [1.29, 1.82) is 0 Å². The second-order valence-corrected chi connectivity index (χ2v) is 6.26. The maximum atomic E-state index is 5.86. The molecule has 0 amide bonds. The summed E-state index contributed by atoms with van der Waals surface area (Å²) in [5.74, 6) is 0.697. The van der Waals surface area contributed by atoms with E-state index in [0.29, 0.717) is 5.92 Å². The van der Waals surface area contributed by atoms with Crippen molar-refractivity contribution >= 4 is 9.76 Å². The lowest BCUT2D eigenvalue weighted by Crippen LogP contribution is -2.20. The summed E-state index contributed by atoms with van der Waals surface area (Å²) in [6.07, 6.45) is 12.7. The molecular weight excluding hydrogens is 188 g/mol. The number of hydrogen-bond acceptors (Lipinski definition) is 1. The quantitative estimate of drug-likeness (QED) is 0.506. The van der Waals surface area contributed by atoms with Gasteiger partial charge in [-0.25, -0.2) is 0 Å². The minimum Gasteiger partial charge on any atom is -0.418 e. The molecule has 1 nitrogen and oxygen atoms in total. The molecule has 0 radical (unpaired) electrons. The molecule has 2 aliphatic carbocycles. The fourth-order valence-corrected chi connectivity index (χ4v) is 3.07. The molecule has 0 aromatic rings. The summed E-state index contributed by atoms with van der Waals surface area (Å²) in [4.78, 5) is 0. The van der Waals surface area contributed by atoms with Crippen molar-refractivity contribution in [2.24, 2.45) is 11.3 Å². The first-order valence-electron chi connectivity index (χ1n) is 5.32. The molecule has 0 atom stereocenters. The highest BCUT2D eigenvalue weighted by Gasteiger charge is 2.35. The predicted molar refractivity (Wildman–Crippen MR) is 62.7 cm³/mol. The van der Waals surface area contributed by atoms with E-state index in [9.17, 15) is 0 Å². The van der Waals surface area contributed by atoms with Crippen LogP contribution in [0.3, 0.4) is 0 Å². The molecule has 0 fully saturated rings. The van der Waals surface area contributed by atoms with Crippen LogP contribution >= 0.6 is 0 Å². The molecule has 2 rings (SSSR count). The molecule has 0 spiro atoms. The highest BCUT2D eigenvalue weighted by atomic mass is 28.2. The Morgan fingerprint density at radius 1 is 1.57 bits per heavy atom. The van der Waals surface area contributed by atoms with Crippen LogP contribution in [0, 0.1) is 11.3 Å². The van der Waals surface area contributed by atoms with E-state index in [4.69, 9.17) is 4.43 Å². The van der Waals surface area contributed by atoms with E-state index in [1.807, 2.05) is 0 Å². The van der Waals surface area contributed by atoms with Crippen LogP contribution in [0.25, 0.3) is 0 Å². The van der Waals surface area contributed by atoms with Crippen molar-refractivity contribution < 1.29 is 4.43 Å². The highest BCUT2D eigenvalue weighted by Crippen LogP contribution is 2.43. The van der Waals surface area contributed by atoms with Gasteiger partial charge in [0.2, 0.25) is 0 Å². The molecule has 0 heterocycles. The average Bonchev–Trinajstić information content (AvgIpc) is 2.77. The van der Waals surface area contributed by atoms with Crippen LogP contribution in [0.15, 0.2) is 35.6 Å². The Balaban J connectivity index is 1.81. The molecule has 2 bridgehead atoms. The van der Waals surface area contributed by atoms with Gasteiger partial charge in [-0.05, 0) is 26.2 Å². The third-order valence-electron chi connectivity index (χ3n) is 3.16. The normalized spacial score (nSPS) is 35.3. The second-order valence-electron chi connectivity index (χ2n) is 4.45. The second kappa shape index (κ2) is 3.87. The Hall–Kier alpha value is -0.603. The van der Waals surface area contributed by atoms with E-state index in [-0.39, 0.29) is 5.41 Å². The van der Waals surface area contributed by atoms with Gasteiger partial charge < -0.3 is 4.43 Å². The Kier molecular flexibility index (Phi) is 2.75. The van der Waals surface area contributed by atoms with Crippen molar-refractivity contribution in [1.82, 2.24) is 0 Å². The summed E-state index contributed by atoms with van der Waals surface area (Å²) < 4.78 is 5.86. The zero-order chi connectivity index (χ0) is 10.0. The molecule has 76 valence electrons. The van der Waals surface area contributed by atoms with E-state index >= 15 is 0 Å². The van der Waals surface area contributed by atoms with E-state index in [2.05, 4.69) is 44.2 Å². The summed E-state index contributed by atoms with van der Waals surface area (Å²) >= 11 is 0. The van der Waals surface area contributed by atoms with Gasteiger partial charge in [0.15, 0.2) is 9.76 Å². The average molecular weight is 206 g/mol. The van der Waals surface area contributed by atoms with Crippen LogP contribution in [0.5, 0.6) is 0 Å². The maximum Gasteiger partial charge on any atom is 0.187 e. The van der Waals surface area contributed by atoms with Gasteiger partial charge in [-0.2, -0.15) is 0 Å². The summed E-state index contributed by atoms with van der Waals surface area (Å²) in [5, 5.41) is 1.45. The Labute approximate surface area is 88.5 Å². The lowest BCUT2D eigenvalue weighted by molar-refractivity contribution is 0.241. The van der Waals surface area contributed by atoms with Crippen LogP contribution in [-0.4, -0.2) is 16.4 Å². The van der Waals surface area contributed by atoms with Gasteiger partial charge in [0.05, 0.1) is 0 Å². The van der Waals surface area contributed by atoms with Crippen LogP contribution in [0.4, 0.5) is 0 Å². The van der Waals surface area contributed by atoms with Gasteiger partial charge in [0.25, 0.3) is 0 Å².